The number of halogens is 1. The summed E-state index contributed by atoms with van der Waals surface area (Å²) in [6, 6.07) is 13.0. The molecule has 0 aliphatic carbocycles. The van der Waals surface area contributed by atoms with Gasteiger partial charge in [0.2, 0.25) is 18.6 Å². The van der Waals surface area contributed by atoms with Crippen molar-refractivity contribution in [3.8, 4) is 11.5 Å². The van der Waals surface area contributed by atoms with Gasteiger partial charge in [-0.25, -0.2) is 0 Å². The first kappa shape index (κ1) is 20.8. The maximum atomic E-state index is 12.8. The molecule has 1 atom stereocenters. The third-order valence-corrected chi connectivity index (χ3v) is 5.15. The van der Waals surface area contributed by atoms with Gasteiger partial charge in [0.15, 0.2) is 11.5 Å². The minimum Gasteiger partial charge on any atom is -0.454 e. The predicted molar refractivity (Wildman–Crippen MR) is 112 cm³/mol. The van der Waals surface area contributed by atoms with Crippen LogP contribution < -0.4 is 20.5 Å². The number of nitrogens with two attached hydrogens (primary N) is 1. The summed E-state index contributed by atoms with van der Waals surface area (Å²) in [7, 11) is 0. The van der Waals surface area contributed by atoms with Crippen molar-refractivity contribution in [3.05, 3.63) is 48.0 Å². The lowest BCUT2D eigenvalue weighted by molar-refractivity contribution is -0.133. The second-order valence-corrected chi connectivity index (χ2v) is 7.12. The number of hydrogen-bond donors (Lipinski definition) is 2. The molecule has 2 aliphatic rings. The molecule has 7 nitrogen and oxygen atoms in total. The highest BCUT2D eigenvalue weighted by Gasteiger charge is 2.29. The molecular weight excluding hydrogens is 394 g/mol. The molecule has 2 heterocycles. The Morgan fingerprint density at radius 3 is 2.62 bits per heavy atom. The third-order valence-electron chi connectivity index (χ3n) is 5.15. The van der Waals surface area contributed by atoms with Crippen LogP contribution in [-0.4, -0.2) is 36.6 Å². The molecule has 0 radical (unpaired) electrons. The molecule has 0 spiro atoms. The van der Waals surface area contributed by atoms with E-state index >= 15 is 0 Å². The van der Waals surface area contributed by atoms with E-state index in [2.05, 4.69) is 5.32 Å². The smallest absolute Gasteiger partial charge is 0.231 e. The number of nitrogens with zero attached hydrogens (tertiary/aromatic N) is 1. The Balaban J connectivity index is 0.00000240. The van der Waals surface area contributed by atoms with E-state index < -0.39 is 0 Å². The minimum absolute atomic E-state index is 0. The van der Waals surface area contributed by atoms with E-state index in [4.69, 9.17) is 15.2 Å². The zero-order valence-electron chi connectivity index (χ0n) is 15.9. The summed E-state index contributed by atoms with van der Waals surface area (Å²) in [5, 5.41) is 2.88. The number of carbonyl (C=O) groups excluding carboxylic acids is 2. The van der Waals surface area contributed by atoms with E-state index in [1.165, 1.54) is 0 Å². The van der Waals surface area contributed by atoms with Gasteiger partial charge in [-0.3, -0.25) is 9.59 Å². The number of ether oxygens (including phenoxy) is 2. The highest BCUT2D eigenvalue weighted by Crippen LogP contribution is 2.38. The van der Waals surface area contributed by atoms with Crippen molar-refractivity contribution in [2.24, 2.45) is 5.92 Å². The number of nitrogen functional groups attached to an aromatic ring is 1. The van der Waals surface area contributed by atoms with Crippen molar-refractivity contribution < 1.29 is 19.1 Å². The first-order valence-electron chi connectivity index (χ1n) is 9.42. The lowest BCUT2D eigenvalue weighted by Gasteiger charge is -2.32. The van der Waals surface area contributed by atoms with Crippen molar-refractivity contribution in [2.45, 2.75) is 19.3 Å². The number of fused-ring (bicyclic) bond motifs is 1. The fraction of sp³-hybridized carbons (Fsp3) is 0.333. The molecule has 2 aliphatic heterocycles. The summed E-state index contributed by atoms with van der Waals surface area (Å²) in [5.74, 6) is 0.783. The Morgan fingerprint density at radius 1 is 1.14 bits per heavy atom. The Kier molecular flexibility index (Phi) is 6.49. The highest BCUT2D eigenvalue weighted by molar-refractivity contribution is 5.96. The zero-order valence-corrected chi connectivity index (χ0v) is 16.7. The fourth-order valence-electron chi connectivity index (χ4n) is 3.60. The topological polar surface area (TPSA) is 93.9 Å². The number of rotatable bonds is 4. The summed E-state index contributed by atoms with van der Waals surface area (Å²) >= 11 is 0. The van der Waals surface area contributed by atoms with E-state index in [0.29, 0.717) is 42.4 Å². The third kappa shape index (κ3) is 4.74. The van der Waals surface area contributed by atoms with Crippen LogP contribution in [0.25, 0.3) is 0 Å². The van der Waals surface area contributed by atoms with Crippen molar-refractivity contribution in [1.82, 2.24) is 4.90 Å². The van der Waals surface area contributed by atoms with Crippen LogP contribution in [0.3, 0.4) is 0 Å². The average Bonchev–Trinajstić information content (AvgIpc) is 3.16. The van der Waals surface area contributed by atoms with Gasteiger partial charge >= 0.3 is 0 Å². The average molecular weight is 418 g/mol. The Hall–Kier alpha value is -2.93. The standard InChI is InChI=1S/C21H23N3O4.ClH/c22-16-10-18-19(28-13-27-18)11-17(16)23-21(26)15-7-4-8-24(12-15)20(25)9-14-5-2-1-3-6-14;/h1-3,5-6,10-11,15H,4,7-9,12-13,22H2,(H,23,26);1H. The second-order valence-electron chi connectivity index (χ2n) is 7.12. The summed E-state index contributed by atoms with van der Waals surface area (Å²) in [6.45, 7) is 1.25. The van der Waals surface area contributed by atoms with Gasteiger partial charge in [0.25, 0.3) is 0 Å². The molecule has 29 heavy (non-hydrogen) atoms. The normalized spacial score (nSPS) is 17.4. The van der Waals surface area contributed by atoms with Gasteiger partial charge in [-0.2, -0.15) is 0 Å². The molecule has 0 saturated carbocycles. The van der Waals surface area contributed by atoms with Gasteiger partial charge in [0, 0.05) is 25.2 Å². The van der Waals surface area contributed by atoms with Crippen LogP contribution in [0.15, 0.2) is 42.5 Å². The van der Waals surface area contributed by atoms with Crippen LogP contribution in [0, 0.1) is 5.92 Å². The number of carbonyl (C=O) groups is 2. The predicted octanol–water partition coefficient (Wildman–Crippen LogP) is 2.84. The Labute approximate surface area is 175 Å². The van der Waals surface area contributed by atoms with Crippen LogP contribution in [0.1, 0.15) is 18.4 Å². The van der Waals surface area contributed by atoms with Gasteiger partial charge in [0.1, 0.15) is 0 Å². The number of anilines is 2. The Bertz CT molecular complexity index is 891. The lowest BCUT2D eigenvalue weighted by atomic mass is 9.96. The molecule has 4 rings (SSSR count). The zero-order chi connectivity index (χ0) is 19.5. The molecule has 2 aromatic carbocycles. The largest absolute Gasteiger partial charge is 0.454 e. The summed E-state index contributed by atoms with van der Waals surface area (Å²) < 4.78 is 10.6. The van der Waals surface area contributed by atoms with Crippen molar-refractivity contribution in [3.63, 3.8) is 0 Å². The summed E-state index contributed by atoms with van der Waals surface area (Å²) in [6.07, 6.45) is 1.89. The van der Waals surface area contributed by atoms with Crippen LogP contribution in [-0.2, 0) is 16.0 Å². The summed E-state index contributed by atoms with van der Waals surface area (Å²) in [5.41, 5.74) is 7.92. The number of likely N-dealkylation sites (tertiary alicyclic amines) is 1. The molecular formula is C21H24ClN3O4. The van der Waals surface area contributed by atoms with E-state index in [1.54, 1.807) is 17.0 Å². The Morgan fingerprint density at radius 2 is 1.86 bits per heavy atom. The molecule has 2 amide bonds. The first-order valence-corrected chi connectivity index (χ1v) is 9.42. The number of piperidine rings is 1. The van der Waals surface area contributed by atoms with Gasteiger partial charge < -0.3 is 25.4 Å². The first-order chi connectivity index (χ1) is 13.6. The molecule has 3 N–H and O–H groups in total. The molecule has 1 fully saturated rings. The van der Waals surface area contributed by atoms with Crippen molar-refractivity contribution in [2.75, 3.05) is 30.9 Å². The van der Waals surface area contributed by atoms with E-state index in [-0.39, 0.29) is 36.9 Å². The molecule has 8 heteroatoms. The second kappa shape index (κ2) is 9.05. The molecule has 1 saturated heterocycles. The van der Waals surface area contributed by atoms with Crippen LogP contribution >= 0.6 is 12.4 Å². The summed E-state index contributed by atoms with van der Waals surface area (Å²) in [4.78, 5) is 27.2. The SMILES string of the molecule is Cl.Nc1cc2c(cc1NC(=O)C1CCCN(C(=O)Cc3ccccc3)C1)OCO2. The minimum atomic E-state index is -0.265. The lowest BCUT2D eigenvalue weighted by Crippen LogP contribution is -2.44. The van der Waals surface area contributed by atoms with Crippen molar-refractivity contribution in [1.29, 1.82) is 0 Å². The quantitative estimate of drug-likeness (QED) is 0.746. The van der Waals surface area contributed by atoms with Gasteiger partial charge in [-0.15, -0.1) is 12.4 Å². The van der Waals surface area contributed by atoms with E-state index in [0.717, 1.165) is 18.4 Å². The van der Waals surface area contributed by atoms with Gasteiger partial charge in [0.05, 0.1) is 23.7 Å². The number of nitrogens with one attached hydrogen (secondary N) is 1. The van der Waals surface area contributed by atoms with Crippen LogP contribution in [0.5, 0.6) is 11.5 Å². The van der Waals surface area contributed by atoms with E-state index in [9.17, 15) is 9.59 Å². The number of hydrogen-bond acceptors (Lipinski definition) is 5. The van der Waals surface area contributed by atoms with E-state index in [1.807, 2.05) is 30.3 Å². The van der Waals surface area contributed by atoms with Crippen molar-refractivity contribution >= 4 is 35.6 Å². The molecule has 0 aromatic heterocycles. The van der Waals surface area contributed by atoms with Crippen LogP contribution in [0.4, 0.5) is 11.4 Å². The maximum Gasteiger partial charge on any atom is 0.231 e. The number of amides is 2. The van der Waals surface area contributed by atoms with Crippen LogP contribution in [0.2, 0.25) is 0 Å². The molecule has 2 aromatic rings. The monoisotopic (exact) mass is 417 g/mol. The maximum absolute atomic E-state index is 12.8. The fourth-order valence-corrected chi connectivity index (χ4v) is 3.60. The van der Waals surface area contributed by atoms with Gasteiger partial charge in [-0.05, 0) is 18.4 Å². The highest BCUT2D eigenvalue weighted by atomic mass is 35.5. The molecule has 1 unspecified atom stereocenters. The molecule has 154 valence electrons. The molecule has 0 bridgehead atoms. The number of benzene rings is 2. The van der Waals surface area contributed by atoms with Gasteiger partial charge in [-0.1, -0.05) is 30.3 Å².